The first-order chi connectivity index (χ1) is 6.59. The Morgan fingerprint density at radius 2 is 2.14 bits per heavy atom. The fourth-order valence-electron chi connectivity index (χ4n) is 1.40. The summed E-state index contributed by atoms with van der Waals surface area (Å²) in [7, 11) is 0. The van der Waals surface area contributed by atoms with Crippen LogP contribution in [-0.4, -0.2) is 4.98 Å². The lowest BCUT2D eigenvalue weighted by Crippen LogP contribution is -2.07. The highest BCUT2D eigenvalue weighted by molar-refractivity contribution is 14.1. The fourth-order valence-corrected chi connectivity index (χ4v) is 1.84. The molecule has 4 heteroatoms. The standard InChI is InChI=1S/C10H7FINO/c1-5-2-6-9(7(11)3-5)13-4-8(12)10(6)14/h2-4H,1H3,(H,13,14). The van der Waals surface area contributed by atoms with Gasteiger partial charge in [0.1, 0.15) is 5.82 Å². The van der Waals surface area contributed by atoms with Crippen LogP contribution in [0.15, 0.2) is 23.1 Å². The van der Waals surface area contributed by atoms with Crippen molar-refractivity contribution in [3.8, 4) is 0 Å². The highest BCUT2D eigenvalue weighted by Crippen LogP contribution is 2.15. The number of nitrogens with one attached hydrogen (secondary N) is 1. The van der Waals surface area contributed by atoms with Gasteiger partial charge in [0.15, 0.2) is 0 Å². The van der Waals surface area contributed by atoms with Crippen molar-refractivity contribution in [3.05, 3.63) is 43.5 Å². The zero-order valence-electron chi connectivity index (χ0n) is 7.40. The molecule has 14 heavy (non-hydrogen) atoms. The Hall–Kier alpha value is -0.910. The average molecular weight is 303 g/mol. The van der Waals surface area contributed by atoms with Crippen LogP contribution < -0.4 is 5.43 Å². The highest BCUT2D eigenvalue weighted by Gasteiger charge is 2.07. The van der Waals surface area contributed by atoms with Crippen LogP contribution in [0.1, 0.15) is 5.56 Å². The number of aromatic amines is 1. The monoisotopic (exact) mass is 303 g/mol. The van der Waals surface area contributed by atoms with Crippen LogP contribution in [0.2, 0.25) is 0 Å². The number of rotatable bonds is 0. The van der Waals surface area contributed by atoms with Gasteiger partial charge in [-0.2, -0.15) is 0 Å². The van der Waals surface area contributed by atoms with Crippen molar-refractivity contribution >= 4 is 33.5 Å². The molecule has 1 heterocycles. The molecule has 0 aliphatic carbocycles. The minimum Gasteiger partial charge on any atom is -0.358 e. The maximum atomic E-state index is 13.4. The van der Waals surface area contributed by atoms with Crippen LogP contribution >= 0.6 is 22.6 Å². The molecule has 0 fully saturated rings. The molecule has 1 aromatic heterocycles. The molecule has 0 radical (unpaired) electrons. The van der Waals surface area contributed by atoms with Crippen LogP contribution in [0.25, 0.3) is 10.9 Å². The number of hydrogen-bond donors (Lipinski definition) is 1. The van der Waals surface area contributed by atoms with Gasteiger partial charge in [0.2, 0.25) is 5.43 Å². The summed E-state index contributed by atoms with van der Waals surface area (Å²) in [5.74, 6) is -0.381. The number of fused-ring (bicyclic) bond motifs is 1. The Morgan fingerprint density at radius 1 is 1.43 bits per heavy atom. The van der Waals surface area contributed by atoms with Crippen LogP contribution in [0.4, 0.5) is 4.39 Å². The summed E-state index contributed by atoms with van der Waals surface area (Å²) in [5, 5.41) is 0.411. The second kappa shape index (κ2) is 3.34. The van der Waals surface area contributed by atoms with E-state index in [1.807, 2.05) is 22.6 Å². The molecule has 0 aliphatic heterocycles. The van der Waals surface area contributed by atoms with E-state index in [1.54, 1.807) is 13.0 Å². The molecule has 0 atom stereocenters. The van der Waals surface area contributed by atoms with E-state index in [-0.39, 0.29) is 16.8 Å². The number of hydrogen-bond acceptors (Lipinski definition) is 1. The third-order valence-corrected chi connectivity index (χ3v) is 2.84. The van der Waals surface area contributed by atoms with Gasteiger partial charge in [-0.3, -0.25) is 4.79 Å². The lowest BCUT2D eigenvalue weighted by molar-refractivity contribution is 0.635. The number of aryl methyl sites for hydroxylation is 1. The quantitative estimate of drug-likeness (QED) is 0.746. The molecule has 1 N–H and O–H groups in total. The van der Waals surface area contributed by atoms with Crippen molar-refractivity contribution in [2.24, 2.45) is 0 Å². The number of halogens is 2. The Morgan fingerprint density at radius 3 is 2.86 bits per heavy atom. The Bertz CT molecular complexity index is 562. The lowest BCUT2D eigenvalue weighted by Gasteiger charge is -2.01. The fraction of sp³-hybridized carbons (Fsp3) is 0.100. The second-order valence-electron chi connectivity index (χ2n) is 3.14. The molecule has 2 nitrogen and oxygen atoms in total. The van der Waals surface area contributed by atoms with Gasteiger partial charge in [0.25, 0.3) is 0 Å². The summed E-state index contributed by atoms with van der Waals surface area (Å²) in [5.41, 5.74) is 0.908. The molecule has 2 rings (SSSR count). The predicted molar refractivity (Wildman–Crippen MR) is 62.0 cm³/mol. The Labute approximate surface area is 93.3 Å². The van der Waals surface area contributed by atoms with E-state index in [9.17, 15) is 9.18 Å². The van der Waals surface area contributed by atoms with E-state index < -0.39 is 0 Å². The molecule has 0 aliphatic rings. The molecule has 0 saturated carbocycles. The van der Waals surface area contributed by atoms with Crippen molar-refractivity contribution in [1.82, 2.24) is 4.98 Å². The van der Waals surface area contributed by atoms with Gasteiger partial charge in [0, 0.05) is 11.6 Å². The predicted octanol–water partition coefficient (Wildman–Crippen LogP) is 2.58. The van der Waals surface area contributed by atoms with E-state index in [2.05, 4.69) is 4.98 Å². The van der Waals surface area contributed by atoms with Crippen LogP contribution in [0.3, 0.4) is 0 Å². The van der Waals surface area contributed by atoms with E-state index in [0.29, 0.717) is 8.96 Å². The second-order valence-corrected chi connectivity index (χ2v) is 4.30. The molecule has 0 saturated heterocycles. The zero-order chi connectivity index (χ0) is 10.3. The van der Waals surface area contributed by atoms with Gasteiger partial charge in [-0.05, 0) is 47.2 Å². The van der Waals surface area contributed by atoms with Crippen molar-refractivity contribution in [1.29, 1.82) is 0 Å². The molecule has 0 bridgehead atoms. The van der Waals surface area contributed by atoms with Crippen molar-refractivity contribution in [2.75, 3.05) is 0 Å². The zero-order valence-corrected chi connectivity index (χ0v) is 9.55. The molecule has 0 spiro atoms. The third kappa shape index (κ3) is 1.43. The molecular weight excluding hydrogens is 296 g/mol. The molecule has 1 aromatic carbocycles. The molecular formula is C10H7FINO. The summed E-state index contributed by atoms with van der Waals surface area (Å²) in [4.78, 5) is 14.4. The topological polar surface area (TPSA) is 32.9 Å². The summed E-state index contributed by atoms with van der Waals surface area (Å²) in [6.45, 7) is 1.77. The smallest absolute Gasteiger partial charge is 0.202 e. The van der Waals surface area contributed by atoms with Crippen LogP contribution in [0, 0.1) is 16.3 Å². The number of benzene rings is 1. The highest BCUT2D eigenvalue weighted by atomic mass is 127. The van der Waals surface area contributed by atoms with Crippen LogP contribution in [0.5, 0.6) is 0 Å². The first-order valence-corrected chi connectivity index (χ1v) is 5.14. The Kier molecular flexibility index (Phi) is 2.30. The van der Waals surface area contributed by atoms with Crippen LogP contribution in [-0.2, 0) is 0 Å². The summed E-state index contributed by atoms with van der Waals surface area (Å²) >= 11 is 1.93. The first-order valence-electron chi connectivity index (χ1n) is 4.06. The van der Waals surface area contributed by atoms with E-state index in [1.165, 1.54) is 12.3 Å². The average Bonchev–Trinajstić information content (AvgIpc) is 2.12. The maximum absolute atomic E-state index is 13.4. The normalized spacial score (nSPS) is 10.8. The maximum Gasteiger partial charge on any atom is 0.202 e. The third-order valence-electron chi connectivity index (χ3n) is 2.04. The van der Waals surface area contributed by atoms with E-state index in [4.69, 9.17) is 0 Å². The SMILES string of the molecule is Cc1cc(F)c2[nH]cc(I)c(=O)c2c1. The largest absolute Gasteiger partial charge is 0.358 e. The summed E-state index contributed by atoms with van der Waals surface area (Å²) in [6, 6.07) is 3.10. The van der Waals surface area contributed by atoms with Crippen molar-refractivity contribution < 1.29 is 4.39 Å². The molecule has 2 aromatic rings. The van der Waals surface area contributed by atoms with Crippen molar-refractivity contribution in [2.45, 2.75) is 6.92 Å². The Balaban J connectivity index is 3.03. The van der Waals surface area contributed by atoms with Gasteiger partial charge < -0.3 is 4.98 Å². The number of aromatic nitrogens is 1. The van der Waals surface area contributed by atoms with E-state index >= 15 is 0 Å². The first kappa shape index (κ1) is 9.64. The van der Waals surface area contributed by atoms with Crippen molar-refractivity contribution in [3.63, 3.8) is 0 Å². The minimum absolute atomic E-state index is 0.123. The summed E-state index contributed by atoms with van der Waals surface area (Å²) in [6.07, 6.45) is 1.52. The van der Waals surface area contributed by atoms with Gasteiger partial charge in [0.05, 0.1) is 9.09 Å². The van der Waals surface area contributed by atoms with Gasteiger partial charge in [-0.1, -0.05) is 0 Å². The number of H-pyrrole nitrogens is 1. The van der Waals surface area contributed by atoms with E-state index in [0.717, 1.165) is 5.56 Å². The van der Waals surface area contributed by atoms with Gasteiger partial charge in [-0.15, -0.1) is 0 Å². The minimum atomic E-state index is -0.381. The molecule has 0 unspecified atom stereocenters. The molecule has 72 valence electrons. The number of pyridine rings is 1. The summed E-state index contributed by atoms with van der Waals surface area (Å²) < 4.78 is 14.0. The lowest BCUT2D eigenvalue weighted by atomic mass is 10.1. The van der Waals surface area contributed by atoms with Gasteiger partial charge in [-0.25, -0.2) is 4.39 Å². The molecule has 0 amide bonds. The van der Waals surface area contributed by atoms with Gasteiger partial charge >= 0.3 is 0 Å².